The minimum atomic E-state index is -0.0796. The summed E-state index contributed by atoms with van der Waals surface area (Å²) in [5.74, 6) is -0.0796. The average molecular weight is 263 g/mol. The maximum Gasteiger partial charge on any atom is 0.265 e. The maximum absolute atomic E-state index is 12.0. The Morgan fingerprint density at radius 3 is 2.76 bits per heavy atom. The van der Waals surface area contributed by atoms with Crippen molar-refractivity contribution in [3.63, 3.8) is 0 Å². The van der Waals surface area contributed by atoms with E-state index in [-0.39, 0.29) is 5.91 Å². The Morgan fingerprint density at radius 1 is 1.35 bits per heavy atom. The summed E-state index contributed by atoms with van der Waals surface area (Å²) in [7, 11) is 0. The standard InChI is InChI=1S/C13H13NOS2/c1-8-4-3-5-11(9(8)2)14-13(15)12-6-10(16)7-17-12/h3-7,16H,1-2H3,(H,14,15). The van der Waals surface area contributed by atoms with Crippen LogP contribution in [0.25, 0.3) is 0 Å². The van der Waals surface area contributed by atoms with Crippen LogP contribution >= 0.6 is 24.0 Å². The van der Waals surface area contributed by atoms with E-state index in [0.717, 1.165) is 16.1 Å². The van der Waals surface area contributed by atoms with Crippen LogP contribution in [0.15, 0.2) is 34.5 Å². The molecular formula is C13H13NOS2. The zero-order chi connectivity index (χ0) is 12.4. The number of thiophene rings is 1. The molecule has 1 aromatic heterocycles. The molecule has 0 fully saturated rings. The van der Waals surface area contributed by atoms with E-state index in [1.807, 2.05) is 37.4 Å². The quantitative estimate of drug-likeness (QED) is 0.790. The average Bonchev–Trinajstić information content (AvgIpc) is 2.72. The molecule has 0 saturated carbocycles. The molecule has 0 aliphatic heterocycles. The number of carbonyl (C=O) groups excluding carboxylic acids is 1. The van der Waals surface area contributed by atoms with E-state index in [9.17, 15) is 4.79 Å². The molecule has 1 N–H and O–H groups in total. The molecule has 0 atom stereocenters. The fraction of sp³-hybridized carbons (Fsp3) is 0.154. The largest absolute Gasteiger partial charge is 0.321 e. The Morgan fingerprint density at radius 2 is 2.12 bits per heavy atom. The zero-order valence-corrected chi connectivity index (χ0v) is 11.4. The van der Waals surface area contributed by atoms with Crippen molar-refractivity contribution in [2.45, 2.75) is 18.7 Å². The van der Waals surface area contributed by atoms with Crippen molar-refractivity contribution in [1.29, 1.82) is 0 Å². The topological polar surface area (TPSA) is 29.1 Å². The molecule has 0 spiro atoms. The second-order valence-corrected chi connectivity index (χ2v) is 5.30. The molecule has 2 nitrogen and oxygen atoms in total. The number of aryl methyl sites for hydroxylation is 1. The Bertz CT molecular complexity index is 560. The van der Waals surface area contributed by atoms with Gasteiger partial charge in [0.05, 0.1) is 4.88 Å². The van der Waals surface area contributed by atoms with Gasteiger partial charge in [0.2, 0.25) is 0 Å². The van der Waals surface area contributed by atoms with E-state index >= 15 is 0 Å². The number of thiol groups is 1. The van der Waals surface area contributed by atoms with Crippen LogP contribution in [0.4, 0.5) is 5.69 Å². The molecule has 1 heterocycles. The number of hydrogen-bond donors (Lipinski definition) is 2. The highest BCUT2D eigenvalue weighted by atomic mass is 32.1. The van der Waals surface area contributed by atoms with E-state index in [0.29, 0.717) is 4.88 Å². The molecule has 17 heavy (non-hydrogen) atoms. The van der Waals surface area contributed by atoms with Crippen LogP contribution in [0.1, 0.15) is 20.8 Å². The predicted octanol–water partition coefficient (Wildman–Crippen LogP) is 3.91. The molecule has 1 aromatic carbocycles. The molecule has 0 aliphatic carbocycles. The molecule has 0 saturated heterocycles. The van der Waals surface area contributed by atoms with Crippen LogP contribution in [0.2, 0.25) is 0 Å². The van der Waals surface area contributed by atoms with Crippen molar-refractivity contribution in [3.8, 4) is 0 Å². The highest BCUT2D eigenvalue weighted by Gasteiger charge is 2.10. The fourth-order valence-corrected chi connectivity index (χ4v) is 2.56. The summed E-state index contributed by atoms with van der Waals surface area (Å²) in [4.78, 5) is 13.5. The van der Waals surface area contributed by atoms with Crippen LogP contribution in [0, 0.1) is 13.8 Å². The lowest BCUT2D eigenvalue weighted by Crippen LogP contribution is -2.11. The first-order chi connectivity index (χ1) is 8.08. The number of hydrogen-bond acceptors (Lipinski definition) is 3. The second kappa shape index (κ2) is 4.94. The molecule has 0 radical (unpaired) electrons. The highest BCUT2D eigenvalue weighted by Crippen LogP contribution is 2.22. The molecule has 2 rings (SSSR count). The first-order valence-corrected chi connectivity index (χ1v) is 6.55. The van der Waals surface area contributed by atoms with Gasteiger partial charge in [0.15, 0.2) is 0 Å². The van der Waals surface area contributed by atoms with Gasteiger partial charge in [-0.05, 0) is 37.1 Å². The van der Waals surface area contributed by atoms with Crippen LogP contribution in [-0.2, 0) is 0 Å². The van der Waals surface area contributed by atoms with Gasteiger partial charge in [0.25, 0.3) is 5.91 Å². The summed E-state index contributed by atoms with van der Waals surface area (Å²) in [5, 5.41) is 4.77. The summed E-state index contributed by atoms with van der Waals surface area (Å²) >= 11 is 5.59. The van der Waals surface area contributed by atoms with E-state index in [2.05, 4.69) is 17.9 Å². The SMILES string of the molecule is Cc1cccc(NC(=O)c2cc(S)cs2)c1C. The number of nitrogens with one attached hydrogen (secondary N) is 1. The van der Waals surface area contributed by atoms with E-state index in [4.69, 9.17) is 0 Å². The molecule has 2 aromatic rings. The fourth-order valence-electron chi connectivity index (χ4n) is 1.52. The predicted molar refractivity (Wildman–Crippen MR) is 75.4 cm³/mol. The van der Waals surface area contributed by atoms with Gasteiger partial charge in [0, 0.05) is 16.0 Å². The summed E-state index contributed by atoms with van der Waals surface area (Å²) < 4.78 is 0. The van der Waals surface area contributed by atoms with Gasteiger partial charge in [-0.15, -0.1) is 24.0 Å². The van der Waals surface area contributed by atoms with Crippen LogP contribution in [0.5, 0.6) is 0 Å². The van der Waals surface area contributed by atoms with Gasteiger partial charge in [-0.25, -0.2) is 0 Å². The number of carbonyl (C=O) groups is 1. The third-order valence-electron chi connectivity index (χ3n) is 2.66. The summed E-state index contributed by atoms with van der Waals surface area (Å²) in [5.41, 5.74) is 3.14. The molecule has 0 unspecified atom stereocenters. The van der Waals surface area contributed by atoms with Crippen molar-refractivity contribution in [1.82, 2.24) is 0 Å². The second-order valence-electron chi connectivity index (χ2n) is 3.87. The molecule has 0 bridgehead atoms. The maximum atomic E-state index is 12.0. The summed E-state index contributed by atoms with van der Waals surface area (Å²) in [6, 6.07) is 7.65. The Kier molecular flexibility index (Phi) is 3.54. The van der Waals surface area contributed by atoms with Gasteiger partial charge >= 0.3 is 0 Å². The number of amides is 1. The third-order valence-corrected chi connectivity index (χ3v) is 4.02. The number of anilines is 1. The minimum Gasteiger partial charge on any atom is -0.321 e. The smallest absolute Gasteiger partial charge is 0.265 e. The van der Waals surface area contributed by atoms with Crippen molar-refractivity contribution in [2.75, 3.05) is 5.32 Å². The minimum absolute atomic E-state index is 0.0796. The molecular weight excluding hydrogens is 250 g/mol. The lowest BCUT2D eigenvalue weighted by molar-refractivity contribution is 0.103. The van der Waals surface area contributed by atoms with Gasteiger partial charge < -0.3 is 5.32 Å². The van der Waals surface area contributed by atoms with E-state index in [1.54, 1.807) is 6.07 Å². The molecule has 4 heteroatoms. The van der Waals surface area contributed by atoms with Gasteiger partial charge in [0.1, 0.15) is 0 Å². The lowest BCUT2D eigenvalue weighted by Gasteiger charge is -2.09. The number of rotatable bonds is 2. The van der Waals surface area contributed by atoms with Crippen LogP contribution in [-0.4, -0.2) is 5.91 Å². The third kappa shape index (κ3) is 2.70. The Balaban J connectivity index is 2.21. The monoisotopic (exact) mass is 263 g/mol. The van der Waals surface area contributed by atoms with E-state index < -0.39 is 0 Å². The van der Waals surface area contributed by atoms with Crippen LogP contribution in [0.3, 0.4) is 0 Å². The van der Waals surface area contributed by atoms with E-state index in [1.165, 1.54) is 16.9 Å². The Labute approximate surface area is 110 Å². The molecule has 0 aliphatic rings. The first kappa shape index (κ1) is 12.2. The Hall–Kier alpha value is -1.26. The lowest BCUT2D eigenvalue weighted by atomic mass is 10.1. The van der Waals surface area contributed by atoms with Crippen molar-refractivity contribution in [3.05, 3.63) is 45.6 Å². The van der Waals surface area contributed by atoms with Crippen molar-refractivity contribution >= 4 is 35.6 Å². The highest BCUT2D eigenvalue weighted by molar-refractivity contribution is 7.80. The van der Waals surface area contributed by atoms with Gasteiger partial charge in [-0.1, -0.05) is 12.1 Å². The first-order valence-electron chi connectivity index (χ1n) is 5.23. The van der Waals surface area contributed by atoms with Gasteiger partial charge in [-0.3, -0.25) is 4.79 Å². The summed E-state index contributed by atoms with van der Waals surface area (Å²) in [6.07, 6.45) is 0. The summed E-state index contributed by atoms with van der Waals surface area (Å²) in [6.45, 7) is 4.03. The molecule has 88 valence electrons. The normalized spacial score (nSPS) is 10.3. The van der Waals surface area contributed by atoms with Crippen molar-refractivity contribution in [2.24, 2.45) is 0 Å². The van der Waals surface area contributed by atoms with Gasteiger partial charge in [-0.2, -0.15) is 0 Å². The zero-order valence-electron chi connectivity index (χ0n) is 9.65. The number of benzene rings is 1. The van der Waals surface area contributed by atoms with Crippen molar-refractivity contribution < 1.29 is 4.79 Å². The molecule has 1 amide bonds. The van der Waals surface area contributed by atoms with Crippen LogP contribution < -0.4 is 5.32 Å².